The largest absolute Gasteiger partial charge is 0.485 e. The molecule has 1 aliphatic rings. The lowest BCUT2D eigenvalue weighted by atomic mass is 10.1. The van der Waals surface area contributed by atoms with Crippen LogP contribution >= 0.6 is 11.8 Å². The van der Waals surface area contributed by atoms with Crippen molar-refractivity contribution in [2.75, 3.05) is 23.8 Å². The second kappa shape index (κ2) is 9.75. The van der Waals surface area contributed by atoms with E-state index in [1.165, 1.54) is 0 Å². The van der Waals surface area contributed by atoms with Gasteiger partial charge in [0.05, 0.1) is 18.2 Å². The maximum absolute atomic E-state index is 13.0. The Balaban J connectivity index is 1.41. The topological polar surface area (TPSA) is 101 Å². The molecule has 0 saturated heterocycles. The molecule has 1 amide bonds. The number of anilines is 1. The zero-order valence-electron chi connectivity index (χ0n) is 17.8. The first-order chi connectivity index (χ1) is 15.5. The van der Waals surface area contributed by atoms with Crippen molar-refractivity contribution in [1.82, 2.24) is 10.2 Å². The van der Waals surface area contributed by atoms with Crippen LogP contribution in [0, 0.1) is 25.2 Å². The third kappa shape index (κ3) is 5.03. The van der Waals surface area contributed by atoms with Crippen LogP contribution in [0.3, 0.4) is 0 Å². The Kier molecular flexibility index (Phi) is 6.61. The molecular weight excluding hydrogens is 428 g/mol. The molecular formula is C23H22N4O4S. The van der Waals surface area contributed by atoms with Gasteiger partial charge in [-0.2, -0.15) is 5.26 Å². The van der Waals surface area contributed by atoms with Crippen molar-refractivity contribution in [1.29, 1.82) is 5.26 Å². The number of aryl methyl sites for hydroxylation is 2. The molecule has 1 aliphatic heterocycles. The molecule has 0 N–H and O–H groups in total. The number of para-hydroxylation sites is 2. The van der Waals surface area contributed by atoms with E-state index >= 15 is 0 Å². The smallest absolute Gasteiger partial charge is 0.277 e. The molecule has 0 fully saturated rings. The van der Waals surface area contributed by atoms with Gasteiger partial charge in [-0.1, -0.05) is 30.0 Å². The highest BCUT2D eigenvalue weighted by Gasteiger charge is 2.27. The molecule has 0 radical (unpaired) electrons. The number of rotatable bonds is 7. The van der Waals surface area contributed by atoms with E-state index < -0.39 is 6.10 Å². The molecule has 8 nitrogen and oxygen atoms in total. The number of thioether (sulfide) groups is 1. The van der Waals surface area contributed by atoms with E-state index in [1.54, 1.807) is 4.90 Å². The van der Waals surface area contributed by atoms with Crippen LogP contribution in [0.5, 0.6) is 11.5 Å². The van der Waals surface area contributed by atoms with E-state index in [0.29, 0.717) is 23.9 Å². The molecule has 2 aromatic carbocycles. The number of aromatic nitrogens is 2. The van der Waals surface area contributed by atoms with E-state index in [2.05, 4.69) is 16.3 Å². The fourth-order valence-electron chi connectivity index (χ4n) is 3.42. The lowest BCUT2D eigenvalue weighted by molar-refractivity contribution is -0.116. The fraction of sp³-hybridized carbons (Fsp3) is 0.304. The number of fused-ring (bicyclic) bond motifs is 1. The van der Waals surface area contributed by atoms with Gasteiger partial charge >= 0.3 is 0 Å². The normalized spacial score (nSPS) is 14.6. The summed E-state index contributed by atoms with van der Waals surface area (Å²) in [5.41, 5.74) is 2.89. The van der Waals surface area contributed by atoms with Gasteiger partial charge in [0.25, 0.3) is 11.1 Å². The van der Waals surface area contributed by atoms with Crippen LogP contribution in [0.25, 0.3) is 0 Å². The minimum atomic E-state index is -0.509. The lowest BCUT2D eigenvalue weighted by Crippen LogP contribution is -2.33. The number of nitrogens with zero attached hydrogens (tertiary/aromatic N) is 4. The van der Waals surface area contributed by atoms with Crippen molar-refractivity contribution in [3.05, 3.63) is 59.5 Å². The Morgan fingerprint density at radius 3 is 2.69 bits per heavy atom. The Morgan fingerprint density at radius 1 is 1.19 bits per heavy atom. The number of ether oxygens (including phenoxy) is 2. The quantitative estimate of drug-likeness (QED) is 0.493. The van der Waals surface area contributed by atoms with Gasteiger partial charge in [-0.05, 0) is 49.2 Å². The molecule has 3 aromatic rings. The minimum absolute atomic E-state index is 0.102. The van der Waals surface area contributed by atoms with Gasteiger partial charge in [0.1, 0.15) is 6.61 Å². The summed E-state index contributed by atoms with van der Waals surface area (Å²) in [7, 11) is 0. The van der Waals surface area contributed by atoms with E-state index in [1.807, 2.05) is 56.3 Å². The predicted molar refractivity (Wildman–Crippen MR) is 119 cm³/mol. The molecule has 32 heavy (non-hydrogen) atoms. The summed E-state index contributed by atoms with van der Waals surface area (Å²) < 4.78 is 17.3. The van der Waals surface area contributed by atoms with Gasteiger partial charge in [-0.25, -0.2) is 0 Å². The molecule has 4 rings (SSSR count). The first-order valence-corrected chi connectivity index (χ1v) is 11.1. The van der Waals surface area contributed by atoms with Crippen LogP contribution in [0.1, 0.15) is 29.5 Å². The Labute approximate surface area is 190 Å². The van der Waals surface area contributed by atoms with Gasteiger partial charge in [0.15, 0.2) is 11.5 Å². The van der Waals surface area contributed by atoms with Crippen LogP contribution in [-0.2, 0) is 4.79 Å². The van der Waals surface area contributed by atoms with E-state index in [4.69, 9.17) is 19.2 Å². The minimum Gasteiger partial charge on any atom is -0.485 e. The molecule has 2 heterocycles. The molecule has 1 aromatic heterocycles. The summed E-state index contributed by atoms with van der Waals surface area (Å²) in [5.74, 6) is 1.55. The first kappa shape index (κ1) is 21.7. The van der Waals surface area contributed by atoms with Crippen LogP contribution in [0.2, 0.25) is 0 Å². The highest BCUT2D eigenvalue weighted by Crippen LogP contribution is 2.36. The fourth-order valence-corrected chi connectivity index (χ4v) is 4.06. The summed E-state index contributed by atoms with van der Waals surface area (Å²) in [6, 6.07) is 15.4. The van der Waals surface area contributed by atoms with Crippen molar-refractivity contribution in [2.45, 2.75) is 31.6 Å². The SMILES string of the molecule is Cc1cc(C)cc(N(CCC#N)C(=O)CSc2nnc(C3COc4ccccc4O3)o2)c1. The molecule has 0 spiro atoms. The number of benzene rings is 2. The number of nitriles is 1. The monoisotopic (exact) mass is 450 g/mol. The molecule has 1 atom stereocenters. The number of hydrogen-bond acceptors (Lipinski definition) is 8. The molecule has 1 unspecified atom stereocenters. The van der Waals surface area contributed by atoms with Crippen molar-refractivity contribution < 1.29 is 18.7 Å². The highest BCUT2D eigenvalue weighted by molar-refractivity contribution is 7.99. The molecule has 164 valence electrons. The van der Waals surface area contributed by atoms with Gasteiger partial charge in [0.2, 0.25) is 12.0 Å². The summed E-state index contributed by atoms with van der Waals surface area (Å²) in [6.07, 6.45) is -0.265. The second-order valence-electron chi connectivity index (χ2n) is 7.36. The Morgan fingerprint density at radius 2 is 1.94 bits per heavy atom. The molecule has 0 aliphatic carbocycles. The van der Waals surface area contributed by atoms with Crippen LogP contribution in [0.15, 0.2) is 52.1 Å². The third-order valence-corrected chi connectivity index (χ3v) is 5.59. The van der Waals surface area contributed by atoms with Crippen molar-refractivity contribution in [2.24, 2.45) is 0 Å². The summed E-state index contributed by atoms with van der Waals surface area (Å²) in [5, 5.41) is 17.4. The zero-order chi connectivity index (χ0) is 22.5. The lowest BCUT2D eigenvalue weighted by Gasteiger charge is -2.23. The third-order valence-electron chi connectivity index (χ3n) is 4.79. The van der Waals surface area contributed by atoms with Crippen LogP contribution in [0.4, 0.5) is 5.69 Å². The Hall–Kier alpha value is -3.51. The number of carbonyl (C=O) groups excluding carboxylic acids is 1. The van der Waals surface area contributed by atoms with Crippen LogP contribution in [-0.4, -0.2) is 35.0 Å². The molecule has 0 saturated carbocycles. The number of carbonyl (C=O) groups is 1. The maximum Gasteiger partial charge on any atom is 0.277 e. The molecule has 9 heteroatoms. The summed E-state index contributed by atoms with van der Waals surface area (Å²) in [4.78, 5) is 14.6. The highest BCUT2D eigenvalue weighted by atomic mass is 32.2. The zero-order valence-corrected chi connectivity index (χ0v) is 18.6. The van der Waals surface area contributed by atoms with E-state index in [0.717, 1.165) is 28.6 Å². The van der Waals surface area contributed by atoms with Crippen molar-refractivity contribution >= 4 is 23.4 Å². The standard InChI is InChI=1S/C23H22N4O4S/c1-15-10-16(2)12-17(11-15)27(9-5-8-24)21(28)14-32-23-26-25-22(31-23)20-13-29-18-6-3-4-7-19(18)30-20/h3-4,6-7,10-12,20H,5,9,13-14H2,1-2H3. The number of amides is 1. The average Bonchev–Trinajstić information content (AvgIpc) is 3.26. The van der Waals surface area contributed by atoms with Crippen molar-refractivity contribution in [3.8, 4) is 17.6 Å². The van der Waals surface area contributed by atoms with Gasteiger partial charge in [-0.15, -0.1) is 10.2 Å². The van der Waals surface area contributed by atoms with Crippen LogP contribution < -0.4 is 14.4 Å². The molecule has 0 bridgehead atoms. The maximum atomic E-state index is 13.0. The van der Waals surface area contributed by atoms with E-state index in [-0.39, 0.29) is 29.9 Å². The average molecular weight is 451 g/mol. The summed E-state index contributed by atoms with van der Waals surface area (Å²) in [6.45, 7) is 4.54. The predicted octanol–water partition coefficient (Wildman–Crippen LogP) is 4.24. The second-order valence-corrected chi connectivity index (χ2v) is 8.29. The summed E-state index contributed by atoms with van der Waals surface area (Å²) >= 11 is 1.15. The van der Waals surface area contributed by atoms with Gasteiger partial charge in [0, 0.05) is 12.2 Å². The van der Waals surface area contributed by atoms with Gasteiger partial charge < -0.3 is 18.8 Å². The van der Waals surface area contributed by atoms with Crippen molar-refractivity contribution in [3.63, 3.8) is 0 Å². The number of hydrogen-bond donors (Lipinski definition) is 0. The van der Waals surface area contributed by atoms with E-state index in [9.17, 15) is 4.79 Å². The Bertz CT molecular complexity index is 1140. The first-order valence-electron chi connectivity index (χ1n) is 10.1. The van der Waals surface area contributed by atoms with Gasteiger partial charge in [-0.3, -0.25) is 4.79 Å².